The molecule has 0 atom stereocenters. The summed E-state index contributed by atoms with van der Waals surface area (Å²) in [6.07, 6.45) is 0. The van der Waals surface area contributed by atoms with E-state index < -0.39 is 0 Å². The van der Waals surface area contributed by atoms with Crippen molar-refractivity contribution in [2.24, 2.45) is 0 Å². The molecule has 2 aromatic rings. The Hall–Kier alpha value is -2.53. The molecule has 0 aliphatic carbocycles. The second-order valence-electron chi connectivity index (χ2n) is 4.87. The van der Waals surface area contributed by atoms with Crippen molar-refractivity contribution in [3.05, 3.63) is 59.7 Å². The van der Waals surface area contributed by atoms with Crippen LogP contribution in [0.1, 0.15) is 11.1 Å². The fraction of sp³-hybridized carbons (Fsp3) is 0.133. The van der Waals surface area contributed by atoms with Crippen LogP contribution in [0.25, 0.3) is 0 Å². The van der Waals surface area contributed by atoms with Gasteiger partial charge < -0.3 is 0 Å². The number of aryl methyl sites for hydroxylation is 2. The number of urea groups is 1. The van der Waals surface area contributed by atoms with Gasteiger partial charge in [0.25, 0.3) is 0 Å². The zero-order chi connectivity index (χ0) is 14.1. The van der Waals surface area contributed by atoms with E-state index in [1.165, 1.54) is 5.01 Å². The van der Waals surface area contributed by atoms with Crippen LogP contribution in [0.5, 0.6) is 0 Å². The Kier molecular flexibility index (Phi) is 3.04. The maximum absolute atomic E-state index is 12.1. The van der Waals surface area contributed by atoms with Gasteiger partial charge in [0, 0.05) is 0 Å². The second-order valence-corrected chi connectivity index (χ2v) is 4.87. The van der Waals surface area contributed by atoms with Crippen LogP contribution in [0.4, 0.5) is 16.2 Å². The minimum Gasteiger partial charge on any atom is -0.245 e. The zero-order valence-corrected chi connectivity index (χ0v) is 11.4. The number of benzene rings is 2. The van der Waals surface area contributed by atoms with Gasteiger partial charge in [-0.2, -0.15) is 5.12 Å². The van der Waals surface area contributed by atoms with Gasteiger partial charge in [-0.1, -0.05) is 24.3 Å². The van der Waals surface area contributed by atoms with Gasteiger partial charge in [0.15, 0.2) is 0 Å². The first-order valence-corrected chi connectivity index (χ1v) is 6.44. The third kappa shape index (κ3) is 2.31. The van der Waals surface area contributed by atoms with Crippen LogP contribution < -0.4 is 21.1 Å². The van der Waals surface area contributed by atoms with Gasteiger partial charge in [-0.3, -0.25) is 0 Å². The third-order valence-electron chi connectivity index (χ3n) is 3.13. The molecule has 2 aromatic carbocycles. The number of nitrogens with one attached hydrogen (secondary N) is 2. The molecule has 1 fully saturated rings. The smallest absolute Gasteiger partial charge is 0.245 e. The number of amides is 2. The fourth-order valence-electron chi connectivity index (χ4n) is 2.15. The van der Waals surface area contributed by atoms with E-state index >= 15 is 0 Å². The number of rotatable bonds is 2. The minimum atomic E-state index is -0.211. The van der Waals surface area contributed by atoms with E-state index in [0.29, 0.717) is 0 Å². The first-order chi connectivity index (χ1) is 9.63. The maximum Gasteiger partial charge on any atom is 0.358 e. The Labute approximate surface area is 117 Å². The molecular weight excluding hydrogens is 252 g/mol. The first-order valence-electron chi connectivity index (χ1n) is 6.44. The number of carbonyl (C=O) groups is 1. The van der Waals surface area contributed by atoms with E-state index in [2.05, 4.69) is 11.0 Å². The molecule has 2 amide bonds. The summed E-state index contributed by atoms with van der Waals surface area (Å²) < 4.78 is 0. The Morgan fingerprint density at radius 3 is 2.15 bits per heavy atom. The molecule has 1 aliphatic rings. The van der Waals surface area contributed by atoms with Crippen molar-refractivity contribution in [2.75, 3.05) is 10.1 Å². The van der Waals surface area contributed by atoms with Crippen molar-refractivity contribution >= 4 is 17.4 Å². The highest BCUT2D eigenvalue weighted by Gasteiger charge is 2.28. The molecule has 0 bridgehead atoms. The number of anilines is 2. The van der Waals surface area contributed by atoms with Gasteiger partial charge in [-0.25, -0.2) is 15.2 Å². The average Bonchev–Trinajstić information content (AvgIpc) is 2.81. The molecule has 0 saturated carbocycles. The molecule has 5 heteroatoms. The molecule has 1 aliphatic heterocycles. The Balaban J connectivity index is 1.85. The van der Waals surface area contributed by atoms with E-state index in [1.807, 2.05) is 62.4 Å². The van der Waals surface area contributed by atoms with Gasteiger partial charge in [0.2, 0.25) is 0 Å². The lowest BCUT2D eigenvalue weighted by Gasteiger charge is -2.19. The summed E-state index contributed by atoms with van der Waals surface area (Å²) >= 11 is 0. The Morgan fingerprint density at radius 1 is 0.900 bits per heavy atom. The van der Waals surface area contributed by atoms with Crippen LogP contribution in [0, 0.1) is 13.8 Å². The van der Waals surface area contributed by atoms with Gasteiger partial charge in [0.1, 0.15) is 0 Å². The second kappa shape index (κ2) is 4.86. The van der Waals surface area contributed by atoms with Crippen LogP contribution in [0.2, 0.25) is 0 Å². The quantitative estimate of drug-likeness (QED) is 0.880. The number of hydrogen-bond acceptors (Lipinski definition) is 3. The number of carbonyl (C=O) groups excluding carboxylic acids is 1. The highest BCUT2D eigenvalue weighted by molar-refractivity contribution is 5.94. The van der Waals surface area contributed by atoms with Crippen molar-refractivity contribution < 1.29 is 4.79 Å². The van der Waals surface area contributed by atoms with Crippen molar-refractivity contribution in [3.63, 3.8) is 0 Å². The standard InChI is InChI=1S/C15H16N4O/c1-11-5-3-7-13(9-11)18-15(20)16-19(17-18)14-8-4-6-12(2)10-14/h3-10,17H,1-2H3,(H,16,20). The van der Waals surface area contributed by atoms with Crippen molar-refractivity contribution in [1.29, 1.82) is 0 Å². The summed E-state index contributed by atoms with van der Waals surface area (Å²) in [5.74, 6) is 0. The van der Waals surface area contributed by atoms with Gasteiger partial charge >= 0.3 is 6.03 Å². The largest absolute Gasteiger partial charge is 0.358 e. The summed E-state index contributed by atoms with van der Waals surface area (Å²) in [6, 6.07) is 15.4. The third-order valence-corrected chi connectivity index (χ3v) is 3.13. The van der Waals surface area contributed by atoms with Crippen LogP contribution >= 0.6 is 0 Å². The lowest BCUT2D eigenvalue weighted by atomic mass is 10.2. The molecule has 20 heavy (non-hydrogen) atoms. The van der Waals surface area contributed by atoms with Crippen molar-refractivity contribution in [2.45, 2.75) is 13.8 Å². The Morgan fingerprint density at radius 2 is 1.50 bits per heavy atom. The topological polar surface area (TPSA) is 47.6 Å². The highest BCUT2D eigenvalue weighted by Crippen LogP contribution is 2.20. The van der Waals surface area contributed by atoms with E-state index in [-0.39, 0.29) is 6.03 Å². The van der Waals surface area contributed by atoms with Crippen LogP contribution in [0.15, 0.2) is 48.5 Å². The SMILES string of the molecule is Cc1cccc(N2NC(=O)N(c3cccc(C)c3)N2)c1. The molecule has 5 nitrogen and oxygen atoms in total. The van der Waals surface area contributed by atoms with E-state index in [0.717, 1.165) is 22.5 Å². The molecule has 0 radical (unpaired) electrons. The number of nitrogens with zero attached hydrogens (tertiary/aromatic N) is 2. The summed E-state index contributed by atoms with van der Waals surface area (Å²) in [5, 5.41) is 3.09. The maximum atomic E-state index is 12.1. The van der Waals surface area contributed by atoms with Gasteiger partial charge in [-0.05, 0) is 49.2 Å². The van der Waals surface area contributed by atoms with Crippen LogP contribution in [0.3, 0.4) is 0 Å². The van der Waals surface area contributed by atoms with E-state index in [1.54, 1.807) is 5.12 Å². The Bertz CT molecular complexity index is 656. The van der Waals surface area contributed by atoms with Crippen LogP contribution in [-0.4, -0.2) is 6.03 Å². The summed E-state index contributed by atoms with van der Waals surface area (Å²) in [4.78, 5) is 12.1. The molecule has 3 rings (SSSR count). The predicted molar refractivity (Wildman–Crippen MR) is 79.0 cm³/mol. The molecule has 1 heterocycles. The molecule has 0 spiro atoms. The molecule has 0 unspecified atom stereocenters. The average molecular weight is 268 g/mol. The number of hydrogen-bond donors (Lipinski definition) is 2. The zero-order valence-electron chi connectivity index (χ0n) is 11.4. The lowest BCUT2D eigenvalue weighted by Crippen LogP contribution is -2.42. The molecule has 1 saturated heterocycles. The summed E-state index contributed by atoms with van der Waals surface area (Å²) in [5.41, 5.74) is 9.73. The van der Waals surface area contributed by atoms with Gasteiger partial charge in [0.05, 0.1) is 11.4 Å². The predicted octanol–water partition coefficient (Wildman–Crippen LogP) is 2.67. The monoisotopic (exact) mass is 268 g/mol. The summed E-state index contributed by atoms with van der Waals surface area (Å²) in [6.45, 7) is 4.01. The van der Waals surface area contributed by atoms with Crippen molar-refractivity contribution in [1.82, 2.24) is 11.0 Å². The minimum absolute atomic E-state index is 0.211. The van der Waals surface area contributed by atoms with Crippen molar-refractivity contribution in [3.8, 4) is 0 Å². The summed E-state index contributed by atoms with van der Waals surface area (Å²) in [7, 11) is 0. The first kappa shape index (κ1) is 12.5. The van der Waals surface area contributed by atoms with Gasteiger partial charge in [-0.15, -0.1) is 5.53 Å². The molecule has 102 valence electrons. The van der Waals surface area contributed by atoms with E-state index in [9.17, 15) is 4.79 Å². The highest BCUT2D eigenvalue weighted by atomic mass is 16.2. The normalized spacial score (nSPS) is 14.6. The lowest BCUT2D eigenvalue weighted by molar-refractivity contribution is 0.251. The van der Waals surface area contributed by atoms with Crippen LogP contribution in [-0.2, 0) is 0 Å². The molecule has 0 aromatic heterocycles. The van der Waals surface area contributed by atoms with E-state index in [4.69, 9.17) is 0 Å². The molecule has 2 N–H and O–H groups in total. The fourth-order valence-corrected chi connectivity index (χ4v) is 2.15. The number of hydrazine groups is 3. The molecular formula is C15H16N4O.